The summed E-state index contributed by atoms with van der Waals surface area (Å²) in [5.41, 5.74) is 0.340. The Bertz CT molecular complexity index is 341. The molecule has 4 nitrogen and oxygen atoms in total. The molecular formula is C12H19BO4. The molecule has 1 aromatic carbocycles. The SMILES string of the molecule is CCCOc1cccc(B(O)O)c1OCCC. The second kappa shape index (κ2) is 7.19. The third-order valence-electron chi connectivity index (χ3n) is 2.20. The second-order valence-corrected chi connectivity index (χ2v) is 3.75. The molecule has 0 radical (unpaired) electrons. The molecular weight excluding hydrogens is 219 g/mol. The summed E-state index contributed by atoms with van der Waals surface area (Å²) >= 11 is 0. The Kier molecular flexibility index (Phi) is 5.87. The van der Waals surface area contributed by atoms with Gasteiger partial charge >= 0.3 is 7.12 Å². The molecule has 0 amide bonds. The second-order valence-electron chi connectivity index (χ2n) is 3.75. The van der Waals surface area contributed by atoms with Crippen molar-refractivity contribution in [3.63, 3.8) is 0 Å². The van der Waals surface area contributed by atoms with E-state index in [2.05, 4.69) is 0 Å². The van der Waals surface area contributed by atoms with Gasteiger partial charge in [0.1, 0.15) is 0 Å². The van der Waals surface area contributed by atoms with Crippen LogP contribution >= 0.6 is 0 Å². The van der Waals surface area contributed by atoms with Crippen molar-refractivity contribution in [3.05, 3.63) is 18.2 Å². The van der Waals surface area contributed by atoms with Crippen LogP contribution in [0.4, 0.5) is 0 Å². The monoisotopic (exact) mass is 238 g/mol. The predicted octanol–water partition coefficient (Wildman–Crippen LogP) is 0.944. The van der Waals surface area contributed by atoms with Crippen LogP contribution in [0.1, 0.15) is 26.7 Å². The molecule has 17 heavy (non-hydrogen) atoms. The van der Waals surface area contributed by atoms with Crippen molar-refractivity contribution in [2.75, 3.05) is 13.2 Å². The Hall–Kier alpha value is -1.20. The van der Waals surface area contributed by atoms with Crippen molar-refractivity contribution < 1.29 is 19.5 Å². The zero-order valence-corrected chi connectivity index (χ0v) is 10.3. The van der Waals surface area contributed by atoms with E-state index in [4.69, 9.17) is 9.47 Å². The topological polar surface area (TPSA) is 58.9 Å². The van der Waals surface area contributed by atoms with E-state index in [9.17, 15) is 10.0 Å². The average molecular weight is 238 g/mol. The first-order valence-electron chi connectivity index (χ1n) is 5.95. The molecule has 0 spiro atoms. The first-order chi connectivity index (χ1) is 8.20. The highest BCUT2D eigenvalue weighted by Gasteiger charge is 2.20. The molecule has 0 saturated carbocycles. The molecule has 0 bridgehead atoms. The van der Waals surface area contributed by atoms with Crippen LogP contribution in [0.25, 0.3) is 0 Å². The Morgan fingerprint density at radius 2 is 1.71 bits per heavy atom. The van der Waals surface area contributed by atoms with Gasteiger partial charge in [0.15, 0.2) is 11.5 Å². The van der Waals surface area contributed by atoms with Crippen molar-refractivity contribution in [3.8, 4) is 11.5 Å². The normalized spacial score (nSPS) is 10.1. The summed E-state index contributed by atoms with van der Waals surface area (Å²) in [6, 6.07) is 5.11. The first-order valence-corrected chi connectivity index (χ1v) is 5.95. The number of benzene rings is 1. The summed E-state index contributed by atoms with van der Waals surface area (Å²) in [6.45, 7) is 5.10. The molecule has 0 aromatic heterocycles. The van der Waals surface area contributed by atoms with Crippen LogP contribution in [0, 0.1) is 0 Å². The molecule has 1 aromatic rings. The first kappa shape index (κ1) is 13.9. The number of rotatable bonds is 7. The fraction of sp³-hybridized carbons (Fsp3) is 0.500. The van der Waals surface area contributed by atoms with E-state index >= 15 is 0 Å². The Morgan fingerprint density at radius 1 is 1.06 bits per heavy atom. The van der Waals surface area contributed by atoms with E-state index in [1.807, 2.05) is 13.8 Å². The minimum absolute atomic E-state index is 0.340. The summed E-state index contributed by atoms with van der Waals surface area (Å²) in [4.78, 5) is 0. The highest BCUT2D eigenvalue weighted by Crippen LogP contribution is 2.25. The van der Waals surface area contributed by atoms with Crippen LogP contribution < -0.4 is 14.9 Å². The summed E-state index contributed by atoms with van der Waals surface area (Å²) in [7, 11) is -1.55. The molecule has 0 saturated heterocycles. The summed E-state index contributed by atoms with van der Waals surface area (Å²) in [5, 5.41) is 18.5. The van der Waals surface area contributed by atoms with Gasteiger partial charge in [-0.3, -0.25) is 0 Å². The zero-order valence-electron chi connectivity index (χ0n) is 10.3. The van der Waals surface area contributed by atoms with Gasteiger partial charge in [0.05, 0.1) is 13.2 Å². The molecule has 1 rings (SSSR count). The third kappa shape index (κ3) is 3.95. The van der Waals surface area contributed by atoms with Gasteiger partial charge in [0.2, 0.25) is 0 Å². The van der Waals surface area contributed by atoms with Crippen molar-refractivity contribution in [2.45, 2.75) is 26.7 Å². The van der Waals surface area contributed by atoms with Crippen molar-refractivity contribution in [1.29, 1.82) is 0 Å². The van der Waals surface area contributed by atoms with Gasteiger partial charge in [-0.15, -0.1) is 0 Å². The minimum atomic E-state index is -1.55. The molecule has 5 heteroatoms. The number of ether oxygens (including phenoxy) is 2. The van der Waals surface area contributed by atoms with Gasteiger partial charge in [-0.2, -0.15) is 0 Å². The third-order valence-corrected chi connectivity index (χ3v) is 2.20. The highest BCUT2D eigenvalue weighted by molar-refractivity contribution is 6.59. The van der Waals surface area contributed by atoms with Crippen molar-refractivity contribution >= 4 is 12.6 Å². The van der Waals surface area contributed by atoms with Gasteiger partial charge in [-0.05, 0) is 18.9 Å². The maximum Gasteiger partial charge on any atom is 0.492 e. The van der Waals surface area contributed by atoms with E-state index in [1.165, 1.54) is 0 Å². The maximum absolute atomic E-state index is 9.27. The summed E-state index contributed by atoms with van der Waals surface area (Å²) < 4.78 is 11.1. The standard InChI is InChI=1S/C12H19BO4/c1-3-8-16-11-7-5-6-10(13(14)15)12(11)17-9-4-2/h5-7,14-15H,3-4,8-9H2,1-2H3. The molecule has 0 heterocycles. The van der Waals surface area contributed by atoms with Crippen LogP contribution in [0.3, 0.4) is 0 Å². The van der Waals surface area contributed by atoms with E-state index in [1.54, 1.807) is 18.2 Å². The average Bonchev–Trinajstić information content (AvgIpc) is 2.33. The maximum atomic E-state index is 9.27. The Labute approximate surface area is 102 Å². The van der Waals surface area contributed by atoms with Crippen LogP contribution in [0.2, 0.25) is 0 Å². The lowest BCUT2D eigenvalue weighted by atomic mass is 9.79. The smallest absolute Gasteiger partial charge is 0.490 e. The van der Waals surface area contributed by atoms with Crippen LogP contribution in [-0.2, 0) is 0 Å². The molecule has 0 aliphatic heterocycles. The molecule has 94 valence electrons. The van der Waals surface area contributed by atoms with Crippen LogP contribution in [0.5, 0.6) is 11.5 Å². The number of hydrogen-bond acceptors (Lipinski definition) is 4. The van der Waals surface area contributed by atoms with Crippen molar-refractivity contribution in [2.24, 2.45) is 0 Å². The number of hydrogen-bond donors (Lipinski definition) is 2. The zero-order chi connectivity index (χ0) is 12.7. The Balaban J connectivity index is 2.96. The van der Waals surface area contributed by atoms with E-state index in [0.29, 0.717) is 30.2 Å². The van der Waals surface area contributed by atoms with Crippen molar-refractivity contribution in [1.82, 2.24) is 0 Å². The highest BCUT2D eigenvalue weighted by atomic mass is 16.5. The number of para-hydroxylation sites is 1. The van der Waals surface area contributed by atoms with Gasteiger partial charge in [0, 0.05) is 5.46 Å². The fourth-order valence-electron chi connectivity index (χ4n) is 1.42. The molecule has 0 aliphatic carbocycles. The van der Waals surface area contributed by atoms with E-state index in [-0.39, 0.29) is 0 Å². The lowest BCUT2D eigenvalue weighted by Crippen LogP contribution is -2.31. The van der Waals surface area contributed by atoms with Gasteiger partial charge in [-0.1, -0.05) is 26.0 Å². The molecule has 0 aliphatic rings. The van der Waals surface area contributed by atoms with E-state index < -0.39 is 7.12 Å². The largest absolute Gasteiger partial charge is 0.492 e. The van der Waals surface area contributed by atoms with Gasteiger partial charge < -0.3 is 19.5 Å². The van der Waals surface area contributed by atoms with E-state index in [0.717, 1.165) is 12.8 Å². The summed E-state index contributed by atoms with van der Waals surface area (Å²) in [6.07, 6.45) is 1.74. The van der Waals surface area contributed by atoms with Crippen LogP contribution in [-0.4, -0.2) is 30.4 Å². The fourth-order valence-corrected chi connectivity index (χ4v) is 1.42. The van der Waals surface area contributed by atoms with Gasteiger partial charge in [0.25, 0.3) is 0 Å². The summed E-state index contributed by atoms with van der Waals surface area (Å²) in [5.74, 6) is 0.990. The molecule has 0 unspecified atom stereocenters. The van der Waals surface area contributed by atoms with Gasteiger partial charge in [-0.25, -0.2) is 0 Å². The molecule has 0 atom stereocenters. The lowest BCUT2D eigenvalue weighted by Gasteiger charge is -2.15. The quantitative estimate of drug-likeness (QED) is 0.694. The molecule has 0 fully saturated rings. The van der Waals surface area contributed by atoms with Crippen LogP contribution in [0.15, 0.2) is 18.2 Å². The lowest BCUT2D eigenvalue weighted by molar-refractivity contribution is 0.269. The predicted molar refractivity (Wildman–Crippen MR) is 67.8 cm³/mol. The minimum Gasteiger partial charge on any atom is -0.490 e. The Morgan fingerprint density at radius 3 is 2.29 bits per heavy atom. The molecule has 2 N–H and O–H groups in total.